The number of aromatic amines is 1. The molecule has 1 aliphatic carbocycles. The Morgan fingerprint density at radius 2 is 2.30 bits per heavy atom. The number of hydrogen-bond acceptors (Lipinski definition) is 4. The van der Waals surface area contributed by atoms with Crippen molar-refractivity contribution in [2.24, 2.45) is 5.92 Å². The van der Waals surface area contributed by atoms with Crippen molar-refractivity contribution in [3.05, 3.63) is 14.5 Å². The third kappa shape index (κ3) is 3.30. The standard InChI is InChI=1S/C14H20N2O2S2/c1-9-12(20-14(19)15-9)6-13(17)16(11-2-3-11)7-10-4-5-18-8-10/h10-11H,2-8H2,1H3,(H,15,19). The van der Waals surface area contributed by atoms with Gasteiger partial charge in [-0.1, -0.05) is 0 Å². The van der Waals surface area contributed by atoms with Gasteiger partial charge in [0.1, 0.15) is 0 Å². The van der Waals surface area contributed by atoms with E-state index in [-0.39, 0.29) is 5.91 Å². The van der Waals surface area contributed by atoms with E-state index in [0.717, 1.165) is 53.5 Å². The van der Waals surface area contributed by atoms with Crippen molar-refractivity contribution in [2.75, 3.05) is 19.8 Å². The molecule has 0 radical (unpaired) electrons. The summed E-state index contributed by atoms with van der Waals surface area (Å²) in [4.78, 5) is 18.9. The molecule has 20 heavy (non-hydrogen) atoms. The van der Waals surface area contributed by atoms with Crippen LogP contribution in [-0.2, 0) is 16.0 Å². The average molecular weight is 312 g/mol. The Kier molecular flexibility index (Phi) is 4.23. The van der Waals surface area contributed by atoms with Gasteiger partial charge in [-0.05, 0) is 38.4 Å². The van der Waals surface area contributed by atoms with Crippen LogP contribution in [0.4, 0.5) is 0 Å². The minimum absolute atomic E-state index is 0.243. The van der Waals surface area contributed by atoms with Crippen molar-refractivity contribution >= 4 is 29.5 Å². The van der Waals surface area contributed by atoms with Gasteiger partial charge in [0.2, 0.25) is 5.91 Å². The van der Waals surface area contributed by atoms with E-state index in [1.807, 2.05) is 6.92 Å². The summed E-state index contributed by atoms with van der Waals surface area (Å²) in [7, 11) is 0. The number of amides is 1. The monoisotopic (exact) mass is 312 g/mol. The van der Waals surface area contributed by atoms with Gasteiger partial charge in [0.15, 0.2) is 3.95 Å². The second-order valence-electron chi connectivity index (χ2n) is 5.75. The van der Waals surface area contributed by atoms with Gasteiger partial charge in [-0.25, -0.2) is 0 Å². The molecule has 0 bridgehead atoms. The number of carbonyl (C=O) groups is 1. The summed E-state index contributed by atoms with van der Waals surface area (Å²) >= 11 is 6.66. The summed E-state index contributed by atoms with van der Waals surface area (Å²) in [5, 5.41) is 0. The fourth-order valence-electron chi connectivity index (χ4n) is 2.69. The normalized spacial score (nSPS) is 22.1. The van der Waals surface area contributed by atoms with Crippen LogP contribution in [0.5, 0.6) is 0 Å². The lowest BCUT2D eigenvalue weighted by Gasteiger charge is -2.25. The molecule has 1 aromatic rings. The first-order chi connectivity index (χ1) is 9.63. The van der Waals surface area contributed by atoms with Gasteiger partial charge in [0.05, 0.1) is 13.0 Å². The molecule has 4 nitrogen and oxygen atoms in total. The molecule has 1 saturated heterocycles. The lowest BCUT2D eigenvalue weighted by atomic mass is 10.1. The number of aromatic nitrogens is 1. The predicted molar refractivity (Wildman–Crippen MR) is 81.6 cm³/mol. The fraction of sp³-hybridized carbons (Fsp3) is 0.714. The fourth-order valence-corrected chi connectivity index (χ4v) is 3.97. The van der Waals surface area contributed by atoms with E-state index in [1.54, 1.807) is 0 Å². The van der Waals surface area contributed by atoms with Crippen LogP contribution in [0, 0.1) is 16.8 Å². The zero-order valence-corrected chi connectivity index (χ0v) is 13.3. The van der Waals surface area contributed by atoms with Gasteiger partial charge in [-0.15, -0.1) is 11.3 Å². The Morgan fingerprint density at radius 1 is 1.50 bits per heavy atom. The van der Waals surface area contributed by atoms with E-state index in [1.165, 1.54) is 11.3 Å². The minimum atomic E-state index is 0.243. The molecule has 1 atom stereocenters. The largest absolute Gasteiger partial charge is 0.381 e. The Balaban J connectivity index is 1.66. The molecular formula is C14H20N2O2S2. The smallest absolute Gasteiger partial charge is 0.228 e. The maximum Gasteiger partial charge on any atom is 0.228 e. The Morgan fingerprint density at radius 3 is 2.85 bits per heavy atom. The third-order valence-corrected chi connectivity index (χ3v) is 5.36. The van der Waals surface area contributed by atoms with E-state index in [0.29, 0.717) is 18.4 Å². The first-order valence-electron chi connectivity index (χ1n) is 7.19. The molecule has 1 N–H and O–H groups in total. The van der Waals surface area contributed by atoms with Crippen LogP contribution in [-0.4, -0.2) is 41.6 Å². The van der Waals surface area contributed by atoms with Crippen LogP contribution in [0.3, 0.4) is 0 Å². The maximum absolute atomic E-state index is 12.6. The average Bonchev–Trinajstić information content (AvgIpc) is 3.01. The summed E-state index contributed by atoms with van der Waals surface area (Å²) in [5.74, 6) is 0.762. The van der Waals surface area contributed by atoms with Crippen LogP contribution in [0.2, 0.25) is 0 Å². The SMILES string of the molecule is Cc1[nH]c(=S)sc1CC(=O)N(CC1CCOC1)C1CC1. The highest BCUT2D eigenvalue weighted by Crippen LogP contribution is 2.30. The second-order valence-corrected chi connectivity index (χ2v) is 7.52. The zero-order valence-electron chi connectivity index (χ0n) is 11.7. The van der Waals surface area contributed by atoms with Gasteiger partial charge in [0.25, 0.3) is 0 Å². The molecule has 0 aromatic carbocycles. The van der Waals surface area contributed by atoms with Crippen molar-refractivity contribution in [1.82, 2.24) is 9.88 Å². The zero-order chi connectivity index (χ0) is 14.1. The Hall–Kier alpha value is -0.720. The lowest BCUT2D eigenvalue weighted by molar-refractivity contribution is -0.131. The highest BCUT2D eigenvalue weighted by Gasteiger charge is 2.34. The van der Waals surface area contributed by atoms with E-state index in [2.05, 4.69) is 9.88 Å². The lowest BCUT2D eigenvalue weighted by Crippen LogP contribution is -2.38. The summed E-state index contributed by atoms with van der Waals surface area (Å²) in [5.41, 5.74) is 1.04. The summed E-state index contributed by atoms with van der Waals surface area (Å²) in [6.07, 6.45) is 3.87. The second kappa shape index (κ2) is 5.95. The van der Waals surface area contributed by atoms with Gasteiger partial charge in [-0.3, -0.25) is 4.79 Å². The van der Waals surface area contributed by atoms with Crippen molar-refractivity contribution in [3.8, 4) is 0 Å². The van der Waals surface area contributed by atoms with Crippen LogP contribution >= 0.6 is 23.6 Å². The quantitative estimate of drug-likeness (QED) is 0.850. The van der Waals surface area contributed by atoms with Gasteiger partial charge in [0, 0.05) is 35.7 Å². The molecule has 0 spiro atoms. The van der Waals surface area contributed by atoms with E-state index < -0.39 is 0 Å². The van der Waals surface area contributed by atoms with Gasteiger partial charge < -0.3 is 14.6 Å². The number of hydrogen-bond donors (Lipinski definition) is 1. The first kappa shape index (κ1) is 14.2. The number of rotatable bonds is 5. The number of nitrogens with zero attached hydrogens (tertiary/aromatic N) is 1. The molecule has 1 saturated carbocycles. The minimum Gasteiger partial charge on any atom is -0.381 e. The summed E-state index contributed by atoms with van der Waals surface area (Å²) in [6, 6.07) is 0.468. The van der Waals surface area contributed by atoms with Crippen LogP contribution in [0.15, 0.2) is 0 Å². The number of ether oxygens (including phenoxy) is 1. The molecule has 2 heterocycles. The van der Waals surface area contributed by atoms with Gasteiger partial charge in [-0.2, -0.15) is 0 Å². The highest BCUT2D eigenvalue weighted by molar-refractivity contribution is 7.73. The molecule has 1 aromatic heterocycles. The van der Waals surface area contributed by atoms with Crippen LogP contribution < -0.4 is 0 Å². The topological polar surface area (TPSA) is 45.3 Å². The van der Waals surface area contributed by atoms with Crippen LogP contribution in [0.1, 0.15) is 29.8 Å². The molecule has 1 amide bonds. The first-order valence-corrected chi connectivity index (χ1v) is 8.41. The Bertz CT molecular complexity index is 542. The number of H-pyrrole nitrogens is 1. The molecule has 2 fully saturated rings. The van der Waals surface area contributed by atoms with Crippen molar-refractivity contribution in [3.63, 3.8) is 0 Å². The molecule has 110 valence electrons. The molecule has 1 aliphatic heterocycles. The van der Waals surface area contributed by atoms with Gasteiger partial charge >= 0.3 is 0 Å². The number of aryl methyl sites for hydroxylation is 1. The van der Waals surface area contributed by atoms with E-state index in [4.69, 9.17) is 17.0 Å². The number of nitrogens with one attached hydrogen (secondary N) is 1. The van der Waals surface area contributed by atoms with Crippen LogP contribution in [0.25, 0.3) is 0 Å². The number of thiazole rings is 1. The van der Waals surface area contributed by atoms with E-state index >= 15 is 0 Å². The van der Waals surface area contributed by atoms with Crippen molar-refractivity contribution < 1.29 is 9.53 Å². The molecule has 3 rings (SSSR count). The predicted octanol–water partition coefficient (Wildman–Crippen LogP) is 2.68. The summed E-state index contributed by atoms with van der Waals surface area (Å²) in [6.45, 7) is 4.49. The third-order valence-electron chi connectivity index (χ3n) is 4.02. The molecule has 1 unspecified atom stereocenters. The van der Waals surface area contributed by atoms with Crippen molar-refractivity contribution in [2.45, 2.75) is 38.6 Å². The highest BCUT2D eigenvalue weighted by atomic mass is 32.1. The number of carbonyl (C=O) groups excluding carboxylic acids is 1. The summed E-state index contributed by atoms with van der Waals surface area (Å²) < 4.78 is 6.18. The Labute approximate surface area is 128 Å². The molecule has 2 aliphatic rings. The van der Waals surface area contributed by atoms with Crippen molar-refractivity contribution in [1.29, 1.82) is 0 Å². The maximum atomic E-state index is 12.6. The molecular weight excluding hydrogens is 292 g/mol. The molecule has 6 heteroatoms. The van der Waals surface area contributed by atoms with E-state index in [9.17, 15) is 4.79 Å².